The van der Waals surface area contributed by atoms with E-state index < -0.39 is 12.6 Å². The van der Waals surface area contributed by atoms with Crippen molar-refractivity contribution < 1.29 is 18.0 Å². The fourth-order valence-corrected chi connectivity index (χ4v) is 1.94. The zero-order valence-corrected chi connectivity index (χ0v) is 9.57. The Morgan fingerprint density at radius 3 is 2.44 bits per heavy atom. The molecule has 2 nitrogen and oxygen atoms in total. The molecule has 1 aliphatic rings. The lowest BCUT2D eigenvalue weighted by atomic mass is 10.2. The van der Waals surface area contributed by atoms with Crippen molar-refractivity contribution in [1.29, 1.82) is 0 Å². The van der Waals surface area contributed by atoms with E-state index in [9.17, 15) is 18.0 Å². The summed E-state index contributed by atoms with van der Waals surface area (Å²) >= 11 is 0. The number of amides is 1. The van der Waals surface area contributed by atoms with Gasteiger partial charge in [-0.15, -0.1) is 0 Å². The molecule has 1 aliphatic heterocycles. The minimum atomic E-state index is -4.26. The second-order valence-electron chi connectivity index (χ2n) is 4.27. The zero-order chi connectivity index (χ0) is 13.2. The second-order valence-corrected chi connectivity index (χ2v) is 4.27. The summed E-state index contributed by atoms with van der Waals surface area (Å²) in [5, 5.41) is 0. The van der Waals surface area contributed by atoms with Crippen LogP contribution in [0.5, 0.6) is 0 Å². The number of halogens is 3. The van der Waals surface area contributed by atoms with E-state index >= 15 is 0 Å². The Bertz CT molecular complexity index is 465. The first-order chi connectivity index (χ1) is 8.44. The Balaban J connectivity index is 1.97. The number of rotatable bonds is 3. The monoisotopic (exact) mass is 255 g/mol. The third-order valence-corrected chi connectivity index (χ3v) is 2.68. The van der Waals surface area contributed by atoms with Crippen LogP contribution in [0.1, 0.15) is 12.0 Å². The number of carbonyl (C=O) groups is 1. The molecule has 96 valence electrons. The first-order valence-electron chi connectivity index (χ1n) is 5.53. The largest absolute Gasteiger partial charge is 0.392 e. The van der Waals surface area contributed by atoms with Crippen molar-refractivity contribution in [1.82, 2.24) is 4.90 Å². The lowest BCUT2D eigenvalue weighted by Gasteiger charge is -2.17. The van der Waals surface area contributed by atoms with Crippen LogP contribution in [0.2, 0.25) is 0 Å². The van der Waals surface area contributed by atoms with E-state index in [-0.39, 0.29) is 18.0 Å². The van der Waals surface area contributed by atoms with E-state index in [1.807, 2.05) is 30.3 Å². The van der Waals surface area contributed by atoms with Crippen LogP contribution in [0.4, 0.5) is 13.2 Å². The number of nitrogens with zero attached hydrogens (tertiary/aromatic N) is 1. The Hall–Kier alpha value is -1.78. The fraction of sp³-hybridized carbons (Fsp3) is 0.308. The molecular formula is C13H12F3NO. The first-order valence-corrected chi connectivity index (χ1v) is 5.53. The average molecular weight is 255 g/mol. The number of hydrogen-bond acceptors (Lipinski definition) is 1. The summed E-state index contributed by atoms with van der Waals surface area (Å²) in [4.78, 5) is 13.0. The fourth-order valence-electron chi connectivity index (χ4n) is 1.94. The smallest absolute Gasteiger partial charge is 0.331 e. The van der Waals surface area contributed by atoms with E-state index in [0.717, 1.165) is 11.6 Å². The van der Waals surface area contributed by atoms with Gasteiger partial charge < -0.3 is 4.90 Å². The summed E-state index contributed by atoms with van der Waals surface area (Å²) in [5.74, 6) is -0.349. The van der Waals surface area contributed by atoms with Crippen LogP contribution in [-0.2, 0) is 11.3 Å². The molecule has 0 spiro atoms. The second kappa shape index (κ2) is 4.84. The molecule has 1 amide bonds. The zero-order valence-electron chi connectivity index (χ0n) is 9.57. The number of benzene rings is 1. The quantitative estimate of drug-likeness (QED) is 0.813. The van der Waals surface area contributed by atoms with Gasteiger partial charge in [-0.2, -0.15) is 13.2 Å². The summed E-state index contributed by atoms with van der Waals surface area (Å²) in [6, 6.07) is 9.20. The predicted octanol–water partition coefficient (Wildman–Crippen LogP) is 2.91. The number of hydrogen-bond donors (Lipinski definition) is 0. The SMILES string of the molecule is O=C1C=C(CC(F)(F)F)CN1Cc1ccccc1. The third kappa shape index (κ3) is 3.35. The number of carbonyl (C=O) groups excluding carboxylic acids is 1. The van der Waals surface area contributed by atoms with Crippen molar-refractivity contribution in [2.24, 2.45) is 0 Å². The van der Waals surface area contributed by atoms with Gasteiger partial charge in [-0.3, -0.25) is 4.79 Å². The molecule has 0 aromatic heterocycles. The van der Waals surface area contributed by atoms with Gasteiger partial charge in [-0.1, -0.05) is 30.3 Å². The lowest BCUT2D eigenvalue weighted by molar-refractivity contribution is -0.128. The third-order valence-electron chi connectivity index (χ3n) is 2.68. The summed E-state index contributed by atoms with van der Waals surface area (Å²) < 4.78 is 36.7. The summed E-state index contributed by atoms with van der Waals surface area (Å²) in [5.41, 5.74) is 1.04. The minimum Gasteiger partial charge on any atom is -0.331 e. The van der Waals surface area contributed by atoms with Crippen molar-refractivity contribution in [3.8, 4) is 0 Å². The Kier molecular flexibility index (Phi) is 3.41. The molecule has 0 radical (unpaired) electrons. The highest BCUT2D eigenvalue weighted by atomic mass is 19.4. The van der Waals surface area contributed by atoms with Crippen LogP contribution in [0.25, 0.3) is 0 Å². The van der Waals surface area contributed by atoms with Crippen LogP contribution in [0.3, 0.4) is 0 Å². The number of alkyl halides is 3. The van der Waals surface area contributed by atoms with E-state index in [0.29, 0.717) is 6.54 Å². The van der Waals surface area contributed by atoms with E-state index in [1.165, 1.54) is 4.90 Å². The molecule has 2 rings (SSSR count). The van der Waals surface area contributed by atoms with Gasteiger partial charge in [0.1, 0.15) is 0 Å². The molecule has 5 heteroatoms. The summed E-state index contributed by atoms with van der Waals surface area (Å²) in [6.45, 7) is 0.408. The molecule has 0 unspecified atom stereocenters. The van der Waals surface area contributed by atoms with Crippen LogP contribution in [0, 0.1) is 0 Å². The highest BCUT2D eigenvalue weighted by molar-refractivity contribution is 5.91. The Morgan fingerprint density at radius 2 is 1.83 bits per heavy atom. The summed E-state index contributed by atoms with van der Waals surface area (Å²) in [6.07, 6.45) is -4.17. The van der Waals surface area contributed by atoms with Gasteiger partial charge in [0.25, 0.3) is 0 Å². The van der Waals surface area contributed by atoms with Gasteiger partial charge in [0.15, 0.2) is 0 Å². The van der Waals surface area contributed by atoms with Gasteiger partial charge in [-0.25, -0.2) is 0 Å². The van der Waals surface area contributed by atoms with Crippen molar-refractivity contribution >= 4 is 5.91 Å². The van der Waals surface area contributed by atoms with Crippen molar-refractivity contribution in [2.75, 3.05) is 6.54 Å². The van der Waals surface area contributed by atoms with Gasteiger partial charge in [0.05, 0.1) is 6.42 Å². The minimum absolute atomic E-state index is 0.0627. The molecule has 0 aliphatic carbocycles. The normalized spacial score (nSPS) is 16.1. The highest BCUT2D eigenvalue weighted by Crippen LogP contribution is 2.27. The molecule has 0 fully saturated rings. The maximum Gasteiger partial charge on any atom is 0.392 e. The standard InChI is InChI=1S/C13H12F3NO/c14-13(15,16)7-11-6-12(18)17(9-11)8-10-4-2-1-3-5-10/h1-6H,7-9H2. The van der Waals surface area contributed by atoms with Gasteiger partial charge in [-0.05, 0) is 11.1 Å². The summed E-state index contributed by atoms with van der Waals surface area (Å²) in [7, 11) is 0. The van der Waals surface area contributed by atoms with E-state index in [1.54, 1.807) is 0 Å². The molecule has 1 aromatic carbocycles. The van der Waals surface area contributed by atoms with Crippen LogP contribution in [0.15, 0.2) is 42.0 Å². The lowest BCUT2D eigenvalue weighted by Crippen LogP contribution is -2.25. The van der Waals surface area contributed by atoms with Crippen molar-refractivity contribution in [2.45, 2.75) is 19.1 Å². The molecule has 0 N–H and O–H groups in total. The maximum atomic E-state index is 12.2. The molecule has 0 atom stereocenters. The Morgan fingerprint density at radius 1 is 1.17 bits per heavy atom. The van der Waals surface area contributed by atoms with E-state index in [2.05, 4.69) is 0 Å². The molecule has 0 saturated heterocycles. The molecule has 18 heavy (non-hydrogen) atoms. The van der Waals surface area contributed by atoms with Gasteiger partial charge >= 0.3 is 6.18 Å². The van der Waals surface area contributed by atoms with Gasteiger partial charge in [0.2, 0.25) is 5.91 Å². The molecular weight excluding hydrogens is 243 g/mol. The highest BCUT2D eigenvalue weighted by Gasteiger charge is 2.32. The van der Waals surface area contributed by atoms with Crippen molar-refractivity contribution in [3.05, 3.63) is 47.5 Å². The molecule has 0 saturated carbocycles. The first kappa shape index (κ1) is 12.7. The topological polar surface area (TPSA) is 20.3 Å². The van der Waals surface area contributed by atoms with E-state index in [4.69, 9.17) is 0 Å². The van der Waals surface area contributed by atoms with Crippen LogP contribution in [-0.4, -0.2) is 23.5 Å². The van der Waals surface area contributed by atoms with Gasteiger partial charge in [0, 0.05) is 19.2 Å². The average Bonchev–Trinajstić information content (AvgIpc) is 2.58. The predicted molar refractivity (Wildman–Crippen MR) is 60.6 cm³/mol. The van der Waals surface area contributed by atoms with Crippen molar-refractivity contribution in [3.63, 3.8) is 0 Å². The molecule has 0 bridgehead atoms. The van der Waals surface area contributed by atoms with Crippen LogP contribution >= 0.6 is 0 Å². The van der Waals surface area contributed by atoms with Crippen LogP contribution < -0.4 is 0 Å². The maximum absolute atomic E-state index is 12.2. The Labute approximate surface area is 103 Å². The molecule has 1 aromatic rings. The molecule has 1 heterocycles.